The minimum atomic E-state index is 0.101. The van der Waals surface area contributed by atoms with E-state index in [2.05, 4.69) is 21.7 Å². The lowest BCUT2D eigenvalue weighted by Gasteiger charge is -2.48. The van der Waals surface area contributed by atoms with Gasteiger partial charge in [-0.3, -0.25) is 9.69 Å². The first-order chi connectivity index (χ1) is 15.5. The molecule has 2 aliphatic rings. The van der Waals surface area contributed by atoms with E-state index in [1.807, 2.05) is 24.0 Å². The number of carbonyl (C=O) groups is 1. The van der Waals surface area contributed by atoms with Crippen molar-refractivity contribution in [1.29, 1.82) is 0 Å². The first kappa shape index (κ1) is 22.9. The highest BCUT2D eigenvalue weighted by molar-refractivity contribution is 6.30. The van der Waals surface area contributed by atoms with E-state index in [1.165, 1.54) is 6.20 Å². The number of pyridine rings is 1. The summed E-state index contributed by atoms with van der Waals surface area (Å²) in [6.07, 6.45) is 5.85. The number of hydrogen-bond acceptors (Lipinski definition) is 5. The van der Waals surface area contributed by atoms with Crippen LogP contribution in [0.1, 0.15) is 48.5 Å². The molecule has 3 heterocycles. The Kier molecular flexibility index (Phi) is 7.21. The van der Waals surface area contributed by atoms with E-state index in [-0.39, 0.29) is 11.7 Å². The van der Waals surface area contributed by atoms with Crippen LogP contribution in [0.15, 0.2) is 36.5 Å². The molecule has 1 atom stereocenters. The maximum absolute atomic E-state index is 12.9. The van der Waals surface area contributed by atoms with E-state index >= 15 is 0 Å². The number of halogens is 1. The average Bonchev–Trinajstić information content (AvgIpc) is 2.79. The number of piperidine rings is 1. The van der Waals surface area contributed by atoms with Gasteiger partial charge in [-0.25, -0.2) is 4.98 Å². The summed E-state index contributed by atoms with van der Waals surface area (Å²) in [5, 5.41) is 10.4. The van der Waals surface area contributed by atoms with Crippen molar-refractivity contribution < 1.29 is 9.90 Å². The Hall–Kier alpha value is -2.31. The van der Waals surface area contributed by atoms with Crippen LogP contribution in [-0.4, -0.2) is 70.6 Å². The number of likely N-dealkylation sites (tertiary alicyclic amines) is 1. The molecule has 32 heavy (non-hydrogen) atoms. The lowest BCUT2D eigenvalue weighted by atomic mass is 9.96. The SMILES string of the molecule is CCC[C@H]1CN(c2ncc(O)cc2C)CCN1C1CCN(C(=O)c2ccc(Cl)cc2)CC1. The molecule has 0 bridgehead atoms. The standard InChI is InChI=1S/C25H33ClN4O2/c1-3-4-22-17-29(24-18(2)15-23(31)16-27-24)13-14-30(22)21-9-11-28(12-10-21)25(32)19-5-7-20(26)8-6-19/h5-8,15-16,21-22,31H,3-4,9-14,17H2,1-2H3/t22-/m0/s1. The quantitative estimate of drug-likeness (QED) is 0.725. The molecule has 6 nitrogen and oxygen atoms in total. The minimum Gasteiger partial charge on any atom is -0.506 e. The van der Waals surface area contributed by atoms with Crippen LogP contribution in [0, 0.1) is 6.92 Å². The molecule has 1 aromatic heterocycles. The summed E-state index contributed by atoms with van der Waals surface area (Å²) in [5.74, 6) is 1.30. The van der Waals surface area contributed by atoms with Crippen LogP contribution in [0.3, 0.4) is 0 Å². The maximum Gasteiger partial charge on any atom is 0.253 e. The van der Waals surface area contributed by atoms with Crippen LogP contribution in [0.5, 0.6) is 5.75 Å². The smallest absolute Gasteiger partial charge is 0.253 e. The summed E-state index contributed by atoms with van der Waals surface area (Å²) < 4.78 is 0. The van der Waals surface area contributed by atoms with Crippen molar-refractivity contribution >= 4 is 23.3 Å². The number of aromatic hydroxyl groups is 1. The zero-order valence-electron chi connectivity index (χ0n) is 19.0. The Labute approximate surface area is 195 Å². The van der Waals surface area contributed by atoms with Gasteiger partial charge in [0.05, 0.1) is 6.20 Å². The normalized spacial score (nSPS) is 20.5. The van der Waals surface area contributed by atoms with E-state index in [9.17, 15) is 9.90 Å². The number of aromatic nitrogens is 1. The molecule has 0 spiro atoms. The third-order valence-electron chi connectivity index (χ3n) is 6.80. The zero-order valence-corrected chi connectivity index (χ0v) is 19.8. The second kappa shape index (κ2) is 10.1. The number of rotatable bonds is 5. The van der Waals surface area contributed by atoms with Crippen molar-refractivity contribution in [3.05, 3.63) is 52.7 Å². The summed E-state index contributed by atoms with van der Waals surface area (Å²) in [4.78, 5) is 24.4. The number of aryl methyl sites for hydroxylation is 1. The lowest BCUT2D eigenvalue weighted by Crippen LogP contribution is -2.59. The molecule has 4 rings (SSSR count). The molecule has 7 heteroatoms. The van der Waals surface area contributed by atoms with E-state index in [0.717, 1.165) is 69.8 Å². The van der Waals surface area contributed by atoms with Gasteiger partial charge in [-0.15, -0.1) is 0 Å². The van der Waals surface area contributed by atoms with Gasteiger partial charge in [0.1, 0.15) is 11.6 Å². The molecule has 2 saturated heterocycles. The zero-order chi connectivity index (χ0) is 22.7. The molecular weight excluding hydrogens is 424 g/mol. The predicted octanol–water partition coefficient (Wildman–Crippen LogP) is 4.34. The van der Waals surface area contributed by atoms with Crippen molar-refractivity contribution in [2.24, 2.45) is 0 Å². The number of amides is 1. The van der Waals surface area contributed by atoms with Gasteiger partial charge in [0.15, 0.2) is 0 Å². The van der Waals surface area contributed by atoms with Crippen molar-refractivity contribution in [3.63, 3.8) is 0 Å². The maximum atomic E-state index is 12.9. The number of benzene rings is 1. The minimum absolute atomic E-state index is 0.101. The Morgan fingerprint density at radius 2 is 1.88 bits per heavy atom. The topological polar surface area (TPSA) is 59.9 Å². The van der Waals surface area contributed by atoms with Crippen LogP contribution in [0.2, 0.25) is 5.02 Å². The Bertz CT molecular complexity index is 928. The fraction of sp³-hybridized carbons (Fsp3) is 0.520. The van der Waals surface area contributed by atoms with Crippen molar-refractivity contribution in [1.82, 2.24) is 14.8 Å². The molecule has 2 aliphatic heterocycles. The highest BCUT2D eigenvalue weighted by atomic mass is 35.5. The van der Waals surface area contributed by atoms with Crippen molar-refractivity contribution in [2.75, 3.05) is 37.6 Å². The van der Waals surface area contributed by atoms with Crippen molar-refractivity contribution in [3.8, 4) is 5.75 Å². The average molecular weight is 457 g/mol. The molecule has 0 unspecified atom stereocenters. The Morgan fingerprint density at radius 3 is 2.53 bits per heavy atom. The molecule has 2 aromatic rings. The van der Waals surface area contributed by atoms with Crippen LogP contribution >= 0.6 is 11.6 Å². The highest BCUT2D eigenvalue weighted by Crippen LogP contribution is 2.28. The molecule has 2 fully saturated rings. The third-order valence-corrected chi connectivity index (χ3v) is 7.05. The van der Waals surface area contributed by atoms with E-state index in [1.54, 1.807) is 18.2 Å². The van der Waals surface area contributed by atoms with Crippen LogP contribution in [-0.2, 0) is 0 Å². The Morgan fingerprint density at radius 1 is 1.16 bits per heavy atom. The summed E-state index contributed by atoms with van der Waals surface area (Å²) >= 11 is 5.96. The lowest BCUT2D eigenvalue weighted by molar-refractivity contribution is 0.0481. The van der Waals surface area contributed by atoms with Gasteiger partial charge >= 0.3 is 0 Å². The molecule has 0 radical (unpaired) electrons. The highest BCUT2D eigenvalue weighted by Gasteiger charge is 2.35. The first-order valence-electron chi connectivity index (χ1n) is 11.7. The molecule has 1 amide bonds. The number of nitrogens with zero attached hydrogens (tertiary/aromatic N) is 4. The van der Waals surface area contributed by atoms with Gasteiger partial charge < -0.3 is 14.9 Å². The van der Waals surface area contributed by atoms with Gasteiger partial charge in [-0.1, -0.05) is 24.9 Å². The molecule has 0 aliphatic carbocycles. The number of anilines is 1. The fourth-order valence-corrected chi connectivity index (χ4v) is 5.32. The van der Waals surface area contributed by atoms with Gasteiger partial charge in [0.2, 0.25) is 0 Å². The molecule has 1 N–H and O–H groups in total. The van der Waals surface area contributed by atoms with Gasteiger partial charge in [-0.2, -0.15) is 0 Å². The van der Waals surface area contributed by atoms with Gasteiger partial charge in [0.25, 0.3) is 5.91 Å². The van der Waals surface area contributed by atoms with Gasteiger partial charge in [0, 0.05) is 55.4 Å². The Balaban J connectivity index is 1.38. The van der Waals surface area contributed by atoms with Crippen LogP contribution in [0.4, 0.5) is 5.82 Å². The molecule has 1 aromatic carbocycles. The van der Waals surface area contributed by atoms with E-state index < -0.39 is 0 Å². The summed E-state index contributed by atoms with van der Waals surface area (Å²) in [7, 11) is 0. The fourth-order valence-electron chi connectivity index (χ4n) is 5.19. The van der Waals surface area contributed by atoms with Crippen LogP contribution in [0.25, 0.3) is 0 Å². The van der Waals surface area contributed by atoms with Crippen molar-refractivity contribution in [2.45, 2.75) is 51.6 Å². The second-order valence-corrected chi connectivity index (χ2v) is 9.43. The molecular formula is C25H33ClN4O2. The third kappa shape index (κ3) is 5.02. The number of hydrogen-bond donors (Lipinski definition) is 1. The van der Waals surface area contributed by atoms with Crippen LogP contribution < -0.4 is 4.90 Å². The molecule has 172 valence electrons. The molecule has 0 saturated carbocycles. The monoisotopic (exact) mass is 456 g/mol. The second-order valence-electron chi connectivity index (χ2n) is 8.99. The predicted molar refractivity (Wildman–Crippen MR) is 129 cm³/mol. The first-order valence-corrected chi connectivity index (χ1v) is 12.0. The largest absolute Gasteiger partial charge is 0.506 e. The summed E-state index contributed by atoms with van der Waals surface area (Å²) in [5.41, 5.74) is 1.73. The number of carbonyl (C=O) groups excluding carboxylic acids is 1. The number of piperazine rings is 1. The summed E-state index contributed by atoms with van der Waals surface area (Å²) in [6, 6.07) is 9.96. The van der Waals surface area contributed by atoms with Gasteiger partial charge in [-0.05, 0) is 62.1 Å². The van der Waals surface area contributed by atoms with E-state index in [0.29, 0.717) is 22.7 Å². The van der Waals surface area contributed by atoms with E-state index in [4.69, 9.17) is 11.6 Å². The summed E-state index contributed by atoms with van der Waals surface area (Å²) in [6.45, 7) is 8.74.